The van der Waals surface area contributed by atoms with Crippen LogP contribution in [0.1, 0.15) is 32.8 Å². The maximum absolute atomic E-state index is 12.0. The topological polar surface area (TPSA) is 87.7 Å². The van der Waals surface area contributed by atoms with Crippen LogP contribution in [0.5, 0.6) is 0 Å². The summed E-state index contributed by atoms with van der Waals surface area (Å²) in [6, 6.07) is 7.70. The fourth-order valence-corrected chi connectivity index (χ4v) is 3.70. The van der Waals surface area contributed by atoms with E-state index < -0.39 is 11.7 Å². The molecular weight excluding hydrogens is 366 g/mol. The number of benzene rings is 1. The van der Waals surface area contributed by atoms with E-state index in [0.29, 0.717) is 11.4 Å². The predicted molar refractivity (Wildman–Crippen MR) is 106 cm³/mol. The third kappa shape index (κ3) is 5.03. The highest BCUT2D eigenvalue weighted by molar-refractivity contribution is 8.18. The molecule has 1 atom stereocenters. The third-order valence-electron chi connectivity index (χ3n) is 4.12. The van der Waals surface area contributed by atoms with Gasteiger partial charge in [-0.05, 0) is 56.7 Å². The van der Waals surface area contributed by atoms with Crippen molar-refractivity contribution in [3.05, 3.63) is 34.7 Å². The molecule has 2 heterocycles. The zero-order chi connectivity index (χ0) is 19.6. The number of hydrogen-bond acceptors (Lipinski definition) is 6. The Morgan fingerprint density at radius 1 is 1.33 bits per heavy atom. The Labute approximate surface area is 162 Å². The molecule has 2 aliphatic rings. The van der Waals surface area contributed by atoms with Crippen LogP contribution in [0, 0.1) is 0 Å². The smallest absolute Gasteiger partial charge is 0.407 e. The van der Waals surface area contributed by atoms with Crippen molar-refractivity contribution in [2.45, 2.75) is 38.8 Å². The van der Waals surface area contributed by atoms with Crippen LogP contribution in [0.3, 0.4) is 0 Å². The van der Waals surface area contributed by atoms with Gasteiger partial charge in [-0.2, -0.15) is 0 Å². The molecule has 2 aliphatic heterocycles. The summed E-state index contributed by atoms with van der Waals surface area (Å²) in [5.41, 5.74) is 1.30. The second kappa shape index (κ2) is 7.64. The minimum absolute atomic E-state index is 0.00806. The fourth-order valence-electron chi connectivity index (χ4n) is 3.03. The summed E-state index contributed by atoms with van der Waals surface area (Å²) in [5.74, 6) is -0.370. The number of hydrogen-bond donors (Lipinski definition) is 2. The van der Waals surface area contributed by atoms with Crippen LogP contribution < -0.4 is 15.5 Å². The number of carbonyl (C=O) groups excluding carboxylic acids is 3. The first-order valence-electron chi connectivity index (χ1n) is 8.79. The zero-order valence-corrected chi connectivity index (χ0v) is 16.4. The summed E-state index contributed by atoms with van der Waals surface area (Å²) >= 11 is 0.903. The largest absolute Gasteiger partial charge is 0.444 e. The van der Waals surface area contributed by atoms with Gasteiger partial charge in [0.05, 0.1) is 10.9 Å². The van der Waals surface area contributed by atoms with E-state index in [-0.39, 0.29) is 17.2 Å². The number of carbonyl (C=O) groups is 3. The normalized spacial score (nSPS) is 21.5. The summed E-state index contributed by atoms with van der Waals surface area (Å²) in [6.07, 6.45) is 2.12. The minimum atomic E-state index is -0.530. The van der Waals surface area contributed by atoms with Crippen molar-refractivity contribution in [2.24, 2.45) is 0 Å². The molecule has 7 nitrogen and oxygen atoms in total. The van der Waals surface area contributed by atoms with Crippen LogP contribution in [0.2, 0.25) is 0 Å². The molecule has 0 aromatic heterocycles. The molecule has 144 valence electrons. The van der Waals surface area contributed by atoms with Crippen molar-refractivity contribution < 1.29 is 19.1 Å². The Bertz CT molecular complexity index is 800. The van der Waals surface area contributed by atoms with Crippen LogP contribution in [0.4, 0.5) is 15.3 Å². The van der Waals surface area contributed by atoms with Crippen molar-refractivity contribution in [2.75, 3.05) is 18.0 Å². The minimum Gasteiger partial charge on any atom is -0.444 e. The van der Waals surface area contributed by atoms with Crippen LogP contribution in [0.15, 0.2) is 29.2 Å². The van der Waals surface area contributed by atoms with Gasteiger partial charge in [0.25, 0.3) is 11.1 Å². The molecule has 0 saturated carbocycles. The van der Waals surface area contributed by atoms with E-state index in [1.165, 1.54) is 0 Å². The van der Waals surface area contributed by atoms with Gasteiger partial charge < -0.3 is 15.0 Å². The summed E-state index contributed by atoms with van der Waals surface area (Å²) < 4.78 is 5.32. The quantitative estimate of drug-likeness (QED) is 0.773. The van der Waals surface area contributed by atoms with E-state index in [1.54, 1.807) is 6.08 Å². The first kappa shape index (κ1) is 19.3. The standard InChI is InChI=1S/C19H23N3O4S/c1-19(2,3)26-17(24)20-13-8-9-22(11-13)14-7-5-4-6-12(14)10-15-16(23)21-18(25)27-15/h4-7,10,13H,8-9,11H2,1-3H3,(H,20,24)(H,21,23,25)/b15-10-/t13-/m0/s1. The molecule has 2 saturated heterocycles. The molecule has 2 fully saturated rings. The third-order valence-corrected chi connectivity index (χ3v) is 4.93. The number of anilines is 1. The molecule has 0 aliphatic carbocycles. The van der Waals surface area contributed by atoms with Crippen molar-refractivity contribution in [3.8, 4) is 0 Å². The number of nitrogens with zero attached hydrogens (tertiary/aromatic N) is 1. The Balaban J connectivity index is 1.70. The van der Waals surface area contributed by atoms with Crippen molar-refractivity contribution in [1.29, 1.82) is 0 Å². The number of nitrogens with one attached hydrogen (secondary N) is 2. The Morgan fingerprint density at radius 3 is 2.74 bits per heavy atom. The number of thioether (sulfide) groups is 1. The van der Waals surface area contributed by atoms with E-state index in [4.69, 9.17) is 4.74 Å². The Kier molecular flexibility index (Phi) is 5.46. The van der Waals surface area contributed by atoms with Crippen LogP contribution >= 0.6 is 11.8 Å². The summed E-state index contributed by atoms with van der Waals surface area (Å²) in [7, 11) is 0. The Hall–Kier alpha value is -2.48. The molecule has 1 aromatic carbocycles. The van der Waals surface area contributed by atoms with E-state index in [9.17, 15) is 14.4 Å². The number of para-hydroxylation sites is 1. The number of amides is 3. The molecule has 0 radical (unpaired) electrons. The van der Waals surface area contributed by atoms with Gasteiger partial charge in [-0.15, -0.1) is 0 Å². The lowest BCUT2D eigenvalue weighted by Crippen LogP contribution is -2.40. The van der Waals surface area contributed by atoms with Gasteiger partial charge in [0.1, 0.15) is 5.60 Å². The second-order valence-electron chi connectivity index (χ2n) is 7.49. The van der Waals surface area contributed by atoms with E-state index in [2.05, 4.69) is 15.5 Å². The van der Waals surface area contributed by atoms with Gasteiger partial charge >= 0.3 is 6.09 Å². The molecule has 3 amide bonds. The first-order chi connectivity index (χ1) is 12.7. The average Bonchev–Trinajstić information content (AvgIpc) is 3.12. The highest BCUT2D eigenvalue weighted by atomic mass is 32.2. The molecule has 2 N–H and O–H groups in total. The van der Waals surface area contributed by atoms with Gasteiger partial charge in [0.2, 0.25) is 0 Å². The van der Waals surface area contributed by atoms with Crippen LogP contribution in [-0.4, -0.2) is 42.0 Å². The maximum Gasteiger partial charge on any atom is 0.407 e. The number of alkyl carbamates (subject to hydrolysis) is 1. The first-order valence-corrected chi connectivity index (χ1v) is 9.61. The number of ether oxygens (including phenoxy) is 1. The lowest BCUT2D eigenvalue weighted by molar-refractivity contribution is -0.115. The van der Waals surface area contributed by atoms with E-state index in [1.807, 2.05) is 45.0 Å². The van der Waals surface area contributed by atoms with Crippen molar-refractivity contribution in [1.82, 2.24) is 10.6 Å². The maximum atomic E-state index is 12.0. The van der Waals surface area contributed by atoms with Crippen molar-refractivity contribution in [3.63, 3.8) is 0 Å². The monoisotopic (exact) mass is 389 g/mol. The van der Waals surface area contributed by atoms with Gasteiger partial charge in [-0.25, -0.2) is 4.79 Å². The molecule has 8 heteroatoms. The van der Waals surface area contributed by atoms with Crippen LogP contribution in [-0.2, 0) is 9.53 Å². The Morgan fingerprint density at radius 2 is 2.07 bits per heavy atom. The lowest BCUT2D eigenvalue weighted by Gasteiger charge is -2.23. The molecule has 0 unspecified atom stereocenters. The molecule has 1 aromatic rings. The molecule has 0 bridgehead atoms. The summed E-state index contributed by atoms with van der Waals surface area (Å²) in [5, 5.41) is 4.82. The number of rotatable bonds is 3. The number of imide groups is 1. The lowest BCUT2D eigenvalue weighted by atomic mass is 10.1. The SMILES string of the molecule is CC(C)(C)OC(=O)N[C@H]1CCN(c2ccccc2/C=C2\SC(=O)NC2=O)C1. The summed E-state index contributed by atoms with van der Waals surface area (Å²) in [6.45, 7) is 6.92. The van der Waals surface area contributed by atoms with Gasteiger partial charge in [-0.3, -0.25) is 14.9 Å². The van der Waals surface area contributed by atoms with E-state index >= 15 is 0 Å². The van der Waals surface area contributed by atoms with Crippen molar-refractivity contribution >= 4 is 40.8 Å². The highest BCUT2D eigenvalue weighted by Crippen LogP contribution is 2.31. The average molecular weight is 389 g/mol. The van der Waals surface area contributed by atoms with Crippen LogP contribution in [0.25, 0.3) is 6.08 Å². The van der Waals surface area contributed by atoms with Gasteiger partial charge in [0.15, 0.2) is 0 Å². The second-order valence-corrected chi connectivity index (χ2v) is 8.50. The zero-order valence-electron chi connectivity index (χ0n) is 15.6. The predicted octanol–water partition coefficient (Wildman–Crippen LogP) is 3.11. The molecule has 27 heavy (non-hydrogen) atoms. The van der Waals surface area contributed by atoms with Gasteiger partial charge in [0, 0.05) is 18.8 Å². The molecule has 0 spiro atoms. The molecular formula is C19H23N3O4S. The molecule has 3 rings (SSSR count). The van der Waals surface area contributed by atoms with Gasteiger partial charge in [-0.1, -0.05) is 18.2 Å². The highest BCUT2D eigenvalue weighted by Gasteiger charge is 2.28. The van der Waals surface area contributed by atoms with E-state index in [0.717, 1.165) is 36.0 Å². The fraction of sp³-hybridized carbons (Fsp3) is 0.421. The summed E-state index contributed by atoms with van der Waals surface area (Å²) in [4.78, 5) is 37.7.